The number of hydrogen-bond donors (Lipinski definition) is 1. The lowest BCUT2D eigenvalue weighted by Crippen LogP contribution is -2.22. The highest BCUT2D eigenvalue weighted by atomic mass is 35.5. The zero-order valence-corrected chi connectivity index (χ0v) is 12.0. The predicted octanol–water partition coefficient (Wildman–Crippen LogP) is 3.67. The third-order valence-electron chi connectivity index (χ3n) is 2.77. The van der Waals surface area contributed by atoms with Gasteiger partial charge in [-0.1, -0.05) is 23.7 Å². The number of nitrogens with one attached hydrogen (secondary N) is 1. The summed E-state index contributed by atoms with van der Waals surface area (Å²) in [4.78, 5) is 12.0. The van der Waals surface area contributed by atoms with Gasteiger partial charge >= 0.3 is 0 Å². The summed E-state index contributed by atoms with van der Waals surface area (Å²) in [5.41, 5.74) is 1.59. The summed E-state index contributed by atoms with van der Waals surface area (Å²) in [7, 11) is 0. The molecular weight excluding hydrogens is 274 g/mol. The van der Waals surface area contributed by atoms with Gasteiger partial charge in [-0.2, -0.15) is 0 Å². The van der Waals surface area contributed by atoms with Crippen molar-refractivity contribution in [1.82, 2.24) is 5.32 Å². The fourth-order valence-electron chi connectivity index (χ4n) is 1.80. The molecule has 0 aromatic heterocycles. The molecule has 0 unspecified atom stereocenters. The Bertz CT molecular complexity index is 581. The minimum Gasteiger partial charge on any atom is -0.494 e. The van der Waals surface area contributed by atoms with Crippen LogP contribution in [0.5, 0.6) is 5.75 Å². The summed E-state index contributed by atoms with van der Waals surface area (Å²) in [5.74, 6) is 0.689. The Kier molecular flexibility index (Phi) is 5.02. The third-order valence-corrected chi connectivity index (χ3v) is 3.02. The third kappa shape index (κ3) is 4.00. The summed E-state index contributed by atoms with van der Waals surface area (Å²) in [6.07, 6.45) is 0. The second-order valence-corrected chi connectivity index (χ2v) is 4.71. The molecule has 0 aliphatic heterocycles. The van der Waals surface area contributed by atoms with Crippen LogP contribution in [0.15, 0.2) is 48.5 Å². The molecule has 0 spiro atoms. The summed E-state index contributed by atoms with van der Waals surface area (Å²) in [6, 6.07) is 14.5. The molecule has 1 amide bonds. The van der Waals surface area contributed by atoms with E-state index in [9.17, 15) is 4.79 Å². The number of benzene rings is 2. The lowest BCUT2D eigenvalue weighted by molar-refractivity contribution is 0.0951. The van der Waals surface area contributed by atoms with Crippen LogP contribution in [0.25, 0.3) is 0 Å². The van der Waals surface area contributed by atoms with E-state index in [0.717, 1.165) is 11.3 Å². The fraction of sp³-hybridized carbons (Fsp3) is 0.188. The molecule has 2 rings (SSSR count). The molecule has 0 fully saturated rings. The minimum absolute atomic E-state index is 0.122. The van der Waals surface area contributed by atoms with Gasteiger partial charge in [-0.3, -0.25) is 4.79 Å². The van der Waals surface area contributed by atoms with Gasteiger partial charge in [0.2, 0.25) is 0 Å². The van der Waals surface area contributed by atoms with Crippen LogP contribution in [0.4, 0.5) is 0 Å². The number of carbonyl (C=O) groups is 1. The van der Waals surface area contributed by atoms with E-state index in [0.29, 0.717) is 23.7 Å². The van der Waals surface area contributed by atoms with Crippen molar-refractivity contribution in [3.63, 3.8) is 0 Å². The Balaban J connectivity index is 1.96. The van der Waals surface area contributed by atoms with Crippen molar-refractivity contribution in [1.29, 1.82) is 0 Å². The average molecular weight is 290 g/mol. The van der Waals surface area contributed by atoms with Crippen molar-refractivity contribution < 1.29 is 9.53 Å². The van der Waals surface area contributed by atoms with Crippen LogP contribution in [0, 0.1) is 0 Å². The van der Waals surface area contributed by atoms with Gasteiger partial charge < -0.3 is 10.1 Å². The van der Waals surface area contributed by atoms with E-state index in [4.69, 9.17) is 16.3 Å². The van der Waals surface area contributed by atoms with Crippen LogP contribution in [0.2, 0.25) is 5.02 Å². The van der Waals surface area contributed by atoms with Crippen molar-refractivity contribution in [2.75, 3.05) is 6.61 Å². The van der Waals surface area contributed by atoms with E-state index in [1.54, 1.807) is 24.3 Å². The number of carbonyl (C=O) groups excluding carboxylic acids is 1. The molecule has 0 aliphatic rings. The van der Waals surface area contributed by atoms with Crippen molar-refractivity contribution in [3.8, 4) is 5.75 Å². The number of amides is 1. The molecular formula is C16H16ClNO2. The highest BCUT2D eigenvalue weighted by molar-refractivity contribution is 6.30. The van der Waals surface area contributed by atoms with Crippen LogP contribution >= 0.6 is 11.6 Å². The number of halogens is 1. The Morgan fingerprint density at radius 2 is 1.95 bits per heavy atom. The van der Waals surface area contributed by atoms with Gasteiger partial charge in [0.1, 0.15) is 5.75 Å². The molecule has 2 aromatic carbocycles. The average Bonchev–Trinajstić information content (AvgIpc) is 2.46. The van der Waals surface area contributed by atoms with Crippen LogP contribution < -0.4 is 10.1 Å². The molecule has 1 N–H and O–H groups in total. The lowest BCUT2D eigenvalue weighted by Gasteiger charge is -2.08. The first-order chi connectivity index (χ1) is 9.69. The SMILES string of the molecule is CCOc1cccc(CNC(=O)c2ccc(Cl)cc2)c1. The van der Waals surface area contributed by atoms with Gasteiger partial charge in [-0.15, -0.1) is 0 Å². The molecule has 0 heterocycles. The topological polar surface area (TPSA) is 38.3 Å². The van der Waals surface area contributed by atoms with Crippen LogP contribution in [-0.2, 0) is 6.54 Å². The molecule has 0 saturated heterocycles. The summed E-state index contributed by atoms with van der Waals surface area (Å²) < 4.78 is 5.42. The number of rotatable bonds is 5. The first-order valence-electron chi connectivity index (χ1n) is 6.44. The van der Waals surface area contributed by atoms with Crippen LogP contribution in [0.3, 0.4) is 0 Å². The first-order valence-corrected chi connectivity index (χ1v) is 6.82. The molecule has 2 aromatic rings. The van der Waals surface area contributed by atoms with E-state index in [2.05, 4.69) is 5.32 Å². The molecule has 0 atom stereocenters. The zero-order valence-electron chi connectivity index (χ0n) is 11.2. The van der Waals surface area contributed by atoms with Gasteiger partial charge in [-0.05, 0) is 48.9 Å². The summed E-state index contributed by atoms with van der Waals surface area (Å²) in [6.45, 7) is 3.03. The Hall–Kier alpha value is -2.00. The molecule has 3 nitrogen and oxygen atoms in total. The maximum atomic E-state index is 12.0. The van der Waals surface area contributed by atoms with Crippen LogP contribution in [-0.4, -0.2) is 12.5 Å². The summed E-state index contributed by atoms with van der Waals surface area (Å²) in [5, 5.41) is 3.48. The Labute approximate surface area is 123 Å². The Morgan fingerprint density at radius 3 is 2.65 bits per heavy atom. The highest BCUT2D eigenvalue weighted by Crippen LogP contribution is 2.13. The van der Waals surface area contributed by atoms with E-state index >= 15 is 0 Å². The minimum atomic E-state index is -0.122. The first kappa shape index (κ1) is 14.4. The molecule has 0 aliphatic carbocycles. The van der Waals surface area contributed by atoms with Crippen molar-refractivity contribution in [2.45, 2.75) is 13.5 Å². The Morgan fingerprint density at radius 1 is 1.20 bits per heavy atom. The van der Waals surface area contributed by atoms with E-state index in [-0.39, 0.29) is 5.91 Å². The van der Waals surface area contributed by atoms with E-state index in [1.165, 1.54) is 0 Å². The van der Waals surface area contributed by atoms with Crippen LogP contribution in [0.1, 0.15) is 22.8 Å². The molecule has 0 saturated carbocycles. The zero-order chi connectivity index (χ0) is 14.4. The number of ether oxygens (including phenoxy) is 1. The second kappa shape index (κ2) is 6.96. The monoisotopic (exact) mass is 289 g/mol. The predicted molar refractivity (Wildman–Crippen MR) is 80.2 cm³/mol. The van der Waals surface area contributed by atoms with E-state index in [1.807, 2.05) is 31.2 Å². The van der Waals surface area contributed by atoms with Gasteiger partial charge in [0.15, 0.2) is 0 Å². The quantitative estimate of drug-likeness (QED) is 0.912. The molecule has 0 radical (unpaired) electrons. The molecule has 0 bridgehead atoms. The maximum absolute atomic E-state index is 12.0. The van der Waals surface area contributed by atoms with Gasteiger partial charge in [0.25, 0.3) is 5.91 Å². The molecule has 4 heteroatoms. The maximum Gasteiger partial charge on any atom is 0.251 e. The second-order valence-electron chi connectivity index (χ2n) is 4.27. The molecule has 20 heavy (non-hydrogen) atoms. The van der Waals surface area contributed by atoms with Gasteiger partial charge in [0.05, 0.1) is 6.61 Å². The van der Waals surface area contributed by atoms with Crippen molar-refractivity contribution in [2.24, 2.45) is 0 Å². The smallest absolute Gasteiger partial charge is 0.251 e. The van der Waals surface area contributed by atoms with E-state index < -0.39 is 0 Å². The van der Waals surface area contributed by atoms with Crippen molar-refractivity contribution >= 4 is 17.5 Å². The van der Waals surface area contributed by atoms with Crippen molar-refractivity contribution in [3.05, 3.63) is 64.7 Å². The largest absolute Gasteiger partial charge is 0.494 e. The van der Waals surface area contributed by atoms with Gasteiger partial charge in [-0.25, -0.2) is 0 Å². The highest BCUT2D eigenvalue weighted by Gasteiger charge is 2.05. The standard InChI is InChI=1S/C16H16ClNO2/c1-2-20-15-5-3-4-12(10-15)11-18-16(19)13-6-8-14(17)9-7-13/h3-10H,2,11H2,1H3,(H,18,19). The number of hydrogen-bond acceptors (Lipinski definition) is 2. The fourth-order valence-corrected chi connectivity index (χ4v) is 1.92. The lowest BCUT2D eigenvalue weighted by atomic mass is 10.2. The normalized spacial score (nSPS) is 10.1. The summed E-state index contributed by atoms with van der Waals surface area (Å²) >= 11 is 5.79. The van der Waals surface area contributed by atoms with Gasteiger partial charge in [0, 0.05) is 17.1 Å². The molecule has 104 valence electrons.